The number of nitro benzene ring substituents is 1. The summed E-state index contributed by atoms with van der Waals surface area (Å²) in [5, 5.41) is 23.7. The average molecular weight is 265 g/mol. The molecule has 2 atom stereocenters. The van der Waals surface area contributed by atoms with Gasteiger partial charge in [0.15, 0.2) is 0 Å². The Morgan fingerprint density at radius 3 is 2.79 bits per heavy atom. The van der Waals surface area contributed by atoms with E-state index in [-0.39, 0.29) is 23.4 Å². The molecule has 2 rings (SSSR count). The lowest BCUT2D eigenvalue weighted by Crippen LogP contribution is -2.30. The number of hydrogen-bond acceptors (Lipinski definition) is 5. The maximum absolute atomic E-state index is 10.7. The molecule has 0 spiro atoms. The fourth-order valence-corrected chi connectivity index (χ4v) is 2.51. The molecular formula is C13H19N3O3. The van der Waals surface area contributed by atoms with Crippen LogP contribution in [0.4, 0.5) is 17.1 Å². The molecule has 0 radical (unpaired) electrons. The van der Waals surface area contributed by atoms with Gasteiger partial charge in [0, 0.05) is 24.2 Å². The Labute approximate surface area is 111 Å². The summed E-state index contributed by atoms with van der Waals surface area (Å²) in [5.74, 6) is 0.241. The molecule has 0 heterocycles. The Morgan fingerprint density at radius 2 is 2.16 bits per heavy atom. The maximum atomic E-state index is 10.7. The SMILES string of the molecule is Nc1cc(NCC2CCCCC2O)ccc1[N+](=O)[O-]. The van der Waals surface area contributed by atoms with E-state index < -0.39 is 4.92 Å². The predicted octanol–water partition coefficient (Wildman–Crippen LogP) is 2.14. The molecule has 0 saturated heterocycles. The number of hydrogen-bond donors (Lipinski definition) is 3. The molecule has 1 aliphatic rings. The molecule has 6 heteroatoms. The molecule has 1 aromatic carbocycles. The van der Waals surface area contributed by atoms with Crippen LogP contribution in [-0.4, -0.2) is 22.7 Å². The lowest BCUT2D eigenvalue weighted by Gasteiger charge is -2.28. The van der Waals surface area contributed by atoms with E-state index in [2.05, 4.69) is 5.32 Å². The maximum Gasteiger partial charge on any atom is 0.292 e. The fraction of sp³-hybridized carbons (Fsp3) is 0.538. The second-order valence-electron chi connectivity index (χ2n) is 5.02. The summed E-state index contributed by atoms with van der Waals surface area (Å²) in [6.45, 7) is 0.665. The van der Waals surface area contributed by atoms with E-state index in [1.807, 2.05) is 0 Å². The van der Waals surface area contributed by atoms with Gasteiger partial charge in [-0.2, -0.15) is 0 Å². The van der Waals surface area contributed by atoms with Gasteiger partial charge in [0.2, 0.25) is 0 Å². The lowest BCUT2D eigenvalue weighted by atomic mass is 9.86. The molecule has 2 unspecified atom stereocenters. The van der Waals surface area contributed by atoms with E-state index in [0.29, 0.717) is 6.54 Å². The zero-order valence-electron chi connectivity index (χ0n) is 10.7. The van der Waals surface area contributed by atoms with Crippen molar-refractivity contribution in [2.45, 2.75) is 31.8 Å². The van der Waals surface area contributed by atoms with Crippen molar-refractivity contribution < 1.29 is 10.0 Å². The Kier molecular flexibility index (Phi) is 4.21. The van der Waals surface area contributed by atoms with Crippen molar-refractivity contribution in [3.63, 3.8) is 0 Å². The molecule has 19 heavy (non-hydrogen) atoms. The van der Waals surface area contributed by atoms with Crippen molar-refractivity contribution in [2.75, 3.05) is 17.6 Å². The normalized spacial score (nSPS) is 23.0. The Bertz CT molecular complexity index is 464. The van der Waals surface area contributed by atoms with Crippen LogP contribution in [0.3, 0.4) is 0 Å². The summed E-state index contributed by atoms with van der Waals surface area (Å²) >= 11 is 0. The van der Waals surface area contributed by atoms with Gasteiger partial charge in [-0.15, -0.1) is 0 Å². The minimum atomic E-state index is -0.496. The highest BCUT2D eigenvalue weighted by Gasteiger charge is 2.22. The minimum Gasteiger partial charge on any atom is -0.393 e. The monoisotopic (exact) mass is 265 g/mol. The molecule has 1 saturated carbocycles. The smallest absolute Gasteiger partial charge is 0.292 e. The number of rotatable bonds is 4. The summed E-state index contributed by atoms with van der Waals surface area (Å²) in [4.78, 5) is 10.2. The number of nitro groups is 1. The number of nitrogens with two attached hydrogens (primary N) is 1. The highest BCUT2D eigenvalue weighted by atomic mass is 16.6. The van der Waals surface area contributed by atoms with Gasteiger partial charge in [-0.25, -0.2) is 0 Å². The van der Waals surface area contributed by atoms with Crippen LogP contribution < -0.4 is 11.1 Å². The number of aliphatic hydroxyl groups is 1. The van der Waals surface area contributed by atoms with Crippen LogP contribution in [0.1, 0.15) is 25.7 Å². The number of nitrogens with one attached hydrogen (secondary N) is 1. The molecule has 0 aliphatic heterocycles. The summed E-state index contributed by atoms with van der Waals surface area (Å²) in [6, 6.07) is 4.60. The summed E-state index contributed by atoms with van der Waals surface area (Å²) < 4.78 is 0. The van der Waals surface area contributed by atoms with Gasteiger partial charge in [-0.3, -0.25) is 10.1 Å². The topological polar surface area (TPSA) is 101 Å². The second kappa shape index (κ2) is 5.88. The largest absolute Gasteiger partial charge is 0.393 e. The summed E-state index contributed by atoms with van der Waals surface area (Å²) in [5.41, 5.74) is 6.45. The third-order valence-corrected chi connectivity index (χ3v) is 3.66. The molecule has 0 bridgehead atoms. The first kappa shape index (κ1) is 13.6. The van der Waals surface area contributed by atoms with E-state index in [1.165, 1.54) is 6.07 Å². The molecule has 104 valence electrons. The first-order chi connectivity index (χ1) is 9.08. The molecule has 6 nitrogen and oxygen atoms in total. The van der Waals surface area contributed by atoms with Crippen LogP contribution in [-0.2, 0) is 0 Å². The standard InChI is InChI=1S/C13H19N3O3/c14-11-7-10(5-6-12(11)16(18)19)15-8-9-3-1-2-4-13(9)17/h5-7,9,13,15,17H,1-4,8,14H2. The number of nitrogen functional groups attached to an aromatic ring is 1. The minimum absolute atomic E-state index is 0.0803. The number of aliphatic hydroxyl groups excluding tert-OH is 1. The van der Waals surface area contributed by atoms with Crippen molar-refractivity contribution in [3.05, 3.63) is 28.3 Å². The Hall–Kier alpha value is -1.82. The van der Waals surface area contributed by atoms with Crippen molar-refractivity contribution in [1.29, 1.82) is 0 Å². The van der Waals surface area contributed by atoms with E-state index >= 15 is 0 Å². The highest BCUT2D eigenvalue weighted by molar-refractivity contribution is 5.65. The van der Waals surface area contributed by atoms with E-state index in [9.17, 15) is 15.2 Å². The highest BCUT2D eigenvalue weighted by Crippen LogP contribution is 2.27. The van der Waals surface area contributed by atoms with E-state index in [4.69, 9.17) is 5.73 Å². The van der Waals surface area contributed by atoms with Gasteiger partial charge in [0.05, 0.1) is 11.0 Å². The molecule has 1 aromatic rings. The van der Waals surface area contributed by atoms with E-state index in [0.717, 1.165) is 31.4 Å². The first-order valence-corrected chi connectivity index (χ1v) is 6.54. The van der Waals surface area contributed by atoms with Gasteiger partial charge < -0.3 is 16.2 Å². The van der Waals surface area contributed by atoms with Gasteiger partial charge in [-0.05, 0) is 25.0 Å². The van der Waals surface area contributed by atoms with Crippen molar-refractivity contribution >= 4 is 17.1 Å². The van der Waals surface area contributed by atoms with Gasteiger partial charge in [-0.1, -0.05) is 12.8 Å². The van der Waals surface area contributed by atoms with Crippen molar-refractivity contribution in [1.82, 2.24) is 0 Å². The Balaban J connectivity index is 1.96. The molecule has 1 aliphatic carbocycles. The van der Waals surface area contributed by atoms with Crippen LogP contribution >= 0.6 is 0 Å². The van der Waals surface area contributed by atoms with Gasteiger partial charge in [0.25, 0.3) is 5.69 Å². The second-order valence-corrected chi connectivity index (χ2v) is 5.02. The zero-order chi connectivity index (χ0) is 13.8. The zero-order valence-corrected chi connectivity index (χ0v) is 10.7. The Morgan fingerprint density at radius 1 is 1.42 bits per heavy atom. The van der Waals surface area contributed by atoms with Crippen molar-refractivity contribution in [2.24, 2.45) is 5.92 Å². The van der Waals surface area contributed by atoms with Gasteiger partial charge >= 0.3 is 0 Å². The third kappa shape index (κ3) is 3.35. The summed E-state index contributed by atoms with van der Waals surface area (Å²) in [6.07, 6.45) is 3.84. The average Bonchev–Trinajstić information content (AvgIpc) is 2.37. The van der Waals surface area contributed by atoms with Crippen LogP contribution in [0.25, 0.3) is 0 Å². The quantitative estimate of drug-likeness (QED) is 0.440. The molecular weight excluding hydrogens is 246 g/mol. The van der Waals surface area contributed by atoms with Crippen LogP contribution in [0.5, 0.6) is 0 Å². The number of anilines is 2. The van der Waals surface area contributed by atoms with Crippen LogP contribution in [0.2, 0.25) is 0 Å². The lowest BCUT2D eigenvalue weighted by molar-refractivity contribution is -0.383. The fourth-order valence-electron chi connectivity index (χ4n) is 2.51. The predicted molar refractivity (Wildman–Crippen MR) is 74.0 cm³/mol. The third-order valence-electron chi connectivity index (χ3n) is 3.66. The summed E-state index contributed by atoms with van der Waals surface area (Å²) in [7, 11) is 0. The molecule has 1 fully saturated rings. The molecule has 0 amide bonds. The number of benzene rings is 1. The van der Waals surface area contributed by atoms with Crippen molar-refractivity contribution in [3.8, 4) is 0 Å². The van der Waals surface area contributed by atoms with Crippen LogP contribution in [0, 0.1) is 16.0 Å². The van der Waals surface area contributed by atoms with E-state index in [1.54, 1.807) is 12.1 Å². The van der Waals surface area contributed by atoms with Crippen LogP contribution in [0.15, 0.2) is 18.2 Å². The first-order valence-electron chi connectivity index (χ1n) is 6.54. The number of nitrogens with zero attached hydrogens (tertiary/aromatic N) is 1. The molecule has 4 N–H and O–H groups in total. The van der Waals surface area contributed by atoms with Gasteiger partial charge in [0.1, 0.15) is 5.69 Å². The molecule has 0 aromatic heterocycles.